The molecule has 2 atom stereocenters. The van der Waals surface area contributed by atoms with Crippen LogP contribution in [0.15, 0.2) is 22.7 Å². The third kappa shape index (κ3) is 5.12. The first-order chi connectivity index (χ1) is 16.6. The predicted molar refractivity (Wildman–Crippen MR) is 116 cm³/mol. The number of hydrogen-bond acceptors (Lipinski definition) is 7. The maximum atomic E-state index is 12.7. The number of ether oxygens (including phenoxy) is 2. The number of alkyl halides is 3. The number of benzene rings is 1. The molecule has 2 N–H and O–H groups in total. The van der Waals surface area contributed by atoms with Gasteiger partial charge in [0.2, 0.25) is 5.89 Å². The topological polar surface area (TPSA) is 107 Å². The summed E-state index contributed by atoms with van der Waals surface area (Å²) in [5, 5.41) is 17.7. The second-order valence-electron chi connectivity index (χ2n) is 9.53. The molecule has 2 saturated carbocycles. The molecule has 0 unspecified atom stereocenters. The minimum absolute atomic E-state index is 0.123. The molecule has 1 aliphatic heterocycles. The first-order valence-electron chi connectivity index (χ1n) is 11.6. The van der Waals surface area contributed by atoms with Crippen molar-refractivity contribution in [2.45, 2.75) is 81.0 Å². The van der Waals surface area contributed by atoms with E-state index in [2.05, 4.69) is 20.2 Å². The van der Waals surface area contributed by atoms with Crippen LogP contribution in [0.3, 0.4) is 0 Å². The Kier molecular flexibility index (Phi) is 6.43. The highest BCUT2D eigenvalue weighted by Gasteiger charge is 2.46. The first kappa shape index (κ1) is 24.3. The second-order valence-corrected chi connectivity index (χ2v) is 9.96. The van der Waals surface area contributed by atoms with Crippen molar-refractivity contribution in [2.24, 2.45) is 0 Å². The van der Waals surface area contributed by atoms with Gasteiger partial charge in [-0.1, -0.05) is 23.2 Å². The number of nitrogens with zero attached hydrogens (tertiary/aromatic N) is 2. The molecule has 1 amide bonds. The molecule has 0 radical (unpaired) electrons. The number of nitrogens with one attached hydrogen (secondary N) is 1. The van der Waals surface area contributed by atoms with Crippen LogP contribution in [-0.4, -0.2) is 46.3 Å². The van der Waals surface area contributed by atoms with E-state index in [0.717, 1.165) is 19.3 Å². The summed E-state index contributed by atoms with van der Waals surface area (Å²) in [6.07, 6.45) is -3.47. The summed E-state index contributed by atoms with van der Waals surface area (Å²) in [5.41, 5.74) is 0.199. The van der Waals surface area contributed by atoms with Crippen LogP contribution < -0.4 is 10.1 Å². The summed E-state index contributed by atoms with van der Waals surface area (Å²) in [4.78, 5) is 17.2. The second kappa shape index (κ2) is 9.25. The highest BCUT2D eigenvalue weighted by atomic mass is 35.5. The minimum atomic E-state index is -4.64. The molecule has 1 aromatic carbocycles. The normalized spacial score (nSPS) is 27.2. The number of amides is 1. The molecule has 35 heavy (non-hydrogen) atoms. The van der Waals surface area contributed by atoms with E-state index in [-0.39, 0.29) is 36.5 Å². The van der Waals surface area contributed by atoms with Gasteiger partial charge in [-0.3, -0.25) is 9.53 Å². The first-order valence-corrected chi connectivity index (χ1v) is 12.0. The monoisotopic (exact) mass is 515 g/mol. The molecule has 0 saturated heterocycles. The Hall–Kier alpha value is -2.37. The molecule has 2 aromatic rings. The molecule has 8 nitrogen and oxygen atoms in total. The van der Waals surface area contributed by atoms with E-state index in [4.69, 9.17) is 20.9 Å². The number of halogens is 4. The van der Waals surface area contributed by atoms with E-state index in [1.807, 2.05) is 0 Å². The largest absolute Gasteiger partial charge is 0.522 e. The number of aliphatic hydroxyl groups is 1. The fourth-order valence-electron chi connectivity index (χ4n) is 4.97. The predicted octanol–water partition coefficient (Wildman–Crippen LogP) is 4.32. The van der Waals surface area contributed by atoms with Crippen molar-refractivity contribution in [1.29, 1.82) is 0 Å². The summed E-state index contributed by atoms with van der Waals surface area (Å²) in [7, 11) is 0. The lowest BCUT2D eigenvalue weighted by atomic mass is 9.66. The summed E-state index contributed by atoms with van der Waals surface area (Å²) < 4.78 is 52.3. The van der Waals surface area contributed by atoms with E-state index < -0.39 is 24.7 Å². The summed E-state index contributed by atoms with van der Waals surface area (Å²) in [6, 6.07) is 4.90. The summed E-state index contributed by atoms with van der Waals surface area (Å²) >= 11 is 5.97. The van der Waals surface area contributed by atoms with Crippen molar-refractivity contribution in [1.82, 2.24) is 15.5 Å². The molecule has 2 heterocycles. The van der Waals surface area contributed by atoms with Gasteiger partial charge in [-0.2, -0.15) is 4.98 Å². The molecular formula is C23H25ClF3N3O5. The minimum Gasteiger partial charge on any atom is -0.480 e. The number of hydrogen-bond donors (Lipinski definition) is 2. The van der Waals surface area contributed by atoms with Crippen LogP contribution in [0.2, 0.25) is 5.02 Å². The maximum absolute atomic E-state index is 12.7. The zero-order valence-corrected chi connectivity index (χ0v) is 19.4. The number of fused-ring (bicyclic) bond motifs is 1. The van der Waals surface area contributed by atoms with Gasteiger partial charge < -0.3 is 19.7 Å². The van der Waals surface area contributed by atoms with E-state index in [9.17, 15) is 23.1 Å². The van der Waals surface area contributed by atoms with Gasteiger partial charge in [0.15, 0.2) is 11.9 Å². The quantitative estimate of drug-likeness (QED) is 0.565. The van der Waals surface area contributed by atoms with E-state index in [1.54, 1.807) is 18.2 Å². The van der Waals surface area contributed by atoms with Gasteiger partial charge in [-0.05, 0) is 50.3 Å². The van der Waals surface area contributed by atoms with Crippen molar-refractivity contribution in [3.05, 3.63) is 40.5 Å². The summed E-state index contributed by atoms with van der Waals surface area (Å²) in [6.45, 7) is 0.352. The lowest BCUT2D eigenvalue weighted by molar-refractivity contribution is -0.352. The Bertz CT molecular complexity index is 1080. The van der Waals surface area contributed by atoms with Gasteiger partial charge in [0.1, 0.15) is 5.75 Å². The van der Waals surface area contributed by atoms with Crippen molar-refractivity contribution in [2.75, 3.05) is 6.54 Å². The Balaban J connectivity index is 1.14. The molecule has 2 aliphatic carbocycles. The molecule has 190 valence electrons. The van der Waals surface area contributed by atoms with Crippen molar-refractivity contribution in [3.63, 3.8) is 0 Å². The summed E-state index contributed by atoms with van der Waals surface area (Å²) in [5.74, 6) is 0.755. The molecule has 0 bridgehead atoms. The lowest BCUT2D eigenvalue weighted by Crippen LogP contribution is -2.44. The van der Waals surface area contributed by atoms with Crippen LogP contribution in [0.5, 0.6) is 5.75 Å². The Morgan fingerprint density at radius 1 is 1.29 bits per heavy atom. The third-order valence-corrected chi connectivity index (χ3v) is 7.43. The lowest BCUT2D eigenvalue weighted by Gasteiger charge is -2.38. The highest BCUT2D eigenvalue weighted by Crippen LogP contribution is 2.47. The molecule has 0 spiro atoms. The van der Waals surface area contributed by atoms with Gasteiger partial charge in [-0.15, -0.1) is 13.2 Å². The van der Waals surface area contributed by atoms with Crippen LogP contribution >= 0.6 is 11.6 Å². The maximum Gasteiger partial charge on any atom is 0.522 e. The Labute approximate surface area is 204 Å². The smallest absolute Gasteiger partial charge is 0.480 e. The fraction of sp³-hybridized carbons (Fsp3) is 0.609. The molecule has 3 aliphatic rings. The fourth-order valence-corrected chi connectivity index (χ4v) is 5.15. The average molecular weight is 516 g/mol. The molecule has 12 heteroatoms. The van der Waals surface area contributed by atoms with Crippen LogP contribution in [0, 0.1) is 0 Å². The number of aliphatic hydroxyl groups excluding tert-OH is 1. The zero-order chi connectivity index (χ0) is 24.8. The standard InChI is InChI=1S/C23H25ClF3N3O5/c24-13-2-3-17-15(10-13)16(31)11-18(33-17)20(32)28-7-6-22(4-1-5-22)21-29-19(30-35-21)12-8-14(9-12)34-23(25,26)27/h2-3,10,12,14,16,18,31H,1,4-9,11H2,(H,28,32)/t12-,14+,16-,18-/m1/s1. The van der Waals surface area contributed by atoms with E-state index >= 15 is 0 Å². The molecule has 1 aromatic heterocycles. The van der Waals surface area contributed by atoms with Crippen molar-refractivity contribution >= 4 is 17.5 Å². The van der Waals surface area contributed by atoms with Crippen molar-refractivity contribution in [3.8, 4) is 5.75 Å². The van der Waals surface area contributed by atoms with Crippen LogP contribution in [0.4, 0.5) is 13.2 Å². The van der Waals surface area contributed by atoms with Gasteiger partial charge in [0.25, 0.3) is 5.91 Å². The molecule has 5 rings (SSSR count). The number of carbonyl (C=O) groups excluding carboxylic acids is 1. The molecular weight excluding hydrogens is 491 g/mol. The van der Waals surface area contributed by atoms with Crippen LogP contribution in [0.1, 0.15) is 74.2 Å². The van der Waals surface area contributed by atoms with Crippen LogP contribution in [0.25, 0.3) is 0 Å². The Morgan fingerprint density at radius 2 is 2.06 bits per heavy atom. The van der Waals surface area contributed by atoms with Gasteiger partial charge in [-0.25, -0.2) is 0 Å². The van der Waals surface area contributed by atoms with E-state index in [0.29, 0.717) is 41.0 Å². The average Bonchev–Trinajstić information content (AvgIpc) is 3.21. The van der Waals surface area contributed by atoms with Gasteiger partial charge in [0, 0.05) is 29.5 Å². The SMILES string of the molecule is O=C(NCCC1(c2nc([C@H]3C[C@@H](OC(F)(F)F)C3)no2)CCC1)[C@H]1C[C@@H](O)c2cc(Cl)ccc2O1. The Morgan fingerprint density at radius 3 is 2.74 bits per heavy atom. The number of rotatable bonds is 7. The molecule has 2 fully saturated rings. The number of carbonyl (C=O) groups is 1. The highest BCUT2D eigenvalue weighted by molar-refractivity contribution is 6.30. The third-order valence-electron chi connectivity index (χ3n) is 7.20. The van der Waals surface area contributed by atoms with E-state index in [1.165, 1.54) is 0 Å². The number of aromatic nitrogens is 2. The van der Waals surface area contributed by atoms with Gasteiger partial charge >= 0.3 is 6.36 Å². The van der Waals surface area contributed by atoms with Gasteiger partial charge in [0.05, 0.1) is 17.6 Å². The zero-order valence-electron chi connectivity index (χ0n) is 18.7. The van der Waals surface area contributed by atoms with Crippen molar-refractivity contribution < 1.29 is 37.1 Å². The van der Waals surface area contributed by atoms with Crippen LogP contribution in [-0.2, 0) is 14.9 Å².